The van der Waals surface area contributed by atoms with Gasteiger partial charge < -0.3 is 9.45 Å². The first-order chi connectivity index (χ1) is 4.83. The molecular formula is C6H15NO3S. The largest absolute Gasteiger partial charge is 0.748 e. The summed E-state index contributed by atoms with van der Waals surface area (Å²) < 4.78 is 30.6. The van der Waals surface area contributed by atoms with Crippen LogP contribution in [0.15, 0.2) is 0 Å². The van der Waals surface area contributed by atoms with E-state index >= 15 is 0 Å². The van der Waals surface area contributed by atoms with Gasteiger partial charge in [0.25, 0.3) is 0 Å². The first kappa shape index (κ1) is 10.9. The molecule has 0 aromatic heterocycles. The Morgan fingerprint density at radius 3 is 2.18 bits per heavy atom. The summed E-state index contributed by atoms with van der Waals surface area (Å²) in [4.78, 5) is 1.16. The highest BCUT2D eigenvalue weighted by Gasteiger charge is 2.08. The van der Waals surface area contributed by atoms with Crippen LogP contribution in [-0.4, -0.2) is 38.9 Å². The van der Waals surface area contributed by atoms with E-state index in [4.69, 9.17) is 0 Å². The molecule has 0 saturated heterocycles. The lowest BCUT2D eigenvalue weighted by atomic mass is 10.2. The maximum absolute atomic E-state index is 10.2. The van der Waals surface area contributed by atoms with Gasteiger partial charge in [-0.25, -0.2) is 8.42 Å². The van der Waals surface area contributed by atoms with Crippen LogP contribution in [-0.2, 0) is 10.1 Å². The standard InChI is InChI=1S/C6H15NO3S/c1-6(7(2)3)4-5-11(8,9)10/h6H,4-5H2,1-3H3,(H,8,9,10). The van der Waals surface area contributed by atoms with E-state index in [0.29, 0.717) is 6.42 Å². The fourth-order valence-corrected chi connectivity index (χ4v) is 1.25. The van der Waals surface area contributed by atoms with E-state index in [9.17, 15) is 13.0 Å². The second-order valence-corrected chi connectivity index (χ2v) is 4.55. The number of hydrogen-bond donors (Lipinski definition) is 1. The van der Waals surface area contributed by atoms with E-state index in [1.807, 2.05) is 21.0 Å². The van der Waals surface area contributed by atoms with Crippen molar-refractivity contribution in [1.29, 1.82) is 0 Å². The Balaban J connectivity index is 3.72. The van der Waals surface area contributed by atoms with Gasteiger partial charge >= 0.3 is 0 Å². The van der Waals surface area contributed by atoms with Crippen LogP contribution in [0.2, 0.25) is 0 Å². The third kappa shape index (κ3) is 6.28. The molecule has 0 spiro atoms. The van der Waals surface area contributed by atoms with Crippen LogP contribution in [0.25, 0.3) is 0 Å². The minimum atomic E-state index is -4.02. The normalized spacial score (nSPS) is 15.4. The number of hydrogen-bond acceptors (Lipinski definition) is 3. The SMILES string of the molecule is CC(CCS(=O)(=O)[O-])[NH+](C)C. The Morgan fingerprint density at radius 2 is 1.91 bits per heavy atom. The summed E-state index contributed by atoms with van der Waals surface area (Å²) in [7, 11) is -0.151. The van der Waals surface area contributed by atoms with Gasteiger partial charge in [-0.05, 0) is 6.92 Å². The number of rotatable bonds is 4. The molecule has 0 bridgehead atoms. The minimum Gasteiger partial charge on any atom is -0.748 e. The van der Waals surface area contributed by atoms with E-state index < -0.39 is 10.1 Å². The maximum Gasteiger partial charge on any atom is 0.0948 e. The summed E-state index contributed by atoms with van der Waals surface area (Å²) in [6.07, 6.45) is 0.439. The summed E-state index contributed by atoms with van der Waals surface area (Å²) >= 11 is 0. The van der Waals surface area contributed by atoms with Crippen LogP contribution in [0.3, 0.4) is 0 Å². The Labute approximate surface area is 68.0 Å². The van der Waals surface area contributed by atoms with Crippen molar-refractivity contribution in [3.63, 3.8) is 0 Å². The summed E-state index contributed by atoms with van der Waals surface area (Å²) in [5.41, 5.74) is 0. The van der Waals surface area contributed by atoms with Crippen LogP contribution >= 0.6 is 0 Å². The lowest BCUT2D eigenvalue weighted by Crippen LogP contribution is -3.09. The molecule has 5 heteroatoms. The Morgan fingerprint density at radius 1 is 1.45 bits per heavy atom. The van der Waals surface area contributed by atoms with Gasteiger partial charge in [-0.2, -0.15) is 0 Å². The van der Waals surface area contributed by atoms with Gasteiger partial charge in [-0.3, -0.25) is 0 Å². The predicted octanol–water partition coefficient (Wildman–Crippen LogP) is -1.55. The molecule has 1 unspecified atom stereocenters. The molecule has 1 N–H and O–H groups in total. The molecule has 0 aromatic carbocycles. The molecule has 0 aliphatic rings. The zero-order valence-electron chi connectivity index (χ0n) is 7.12. The van der Waals surface area contributed by atoms with Crippen LogP contribution in [0.4, 0.5) is 0 Å². The van der Waals surface area contributed by atoms with Crippen molar-refractivity contribution in [2.24, 2.45) is 0 Å². The van der Waals surface area contributed by atoms with Crippen LogP contribution in [0.5, 0.6) is 0 Å². The molecule has 0 radical (unpaired) electrons. The Hall–Kier alpha value is -0.130. The molecule has 0 rings (SSSR count). The van der Waals surface area contributed by atoms with E-state index in [2.05, 4.69) is 0 Å². The van der Waals surface area contributed by atoms with E-state index in [0.717, 1.165) is 4.90 Å². The van der Waals surface area contributed by atoms with E-state index in [1.165, 1.54) is 0 Å². The topological polar surface area (TPSA) is 61.6 Å². The first-order valence-electron chi connectivity index (χ1n) is 3.56. The quantitative estimate of drug-likeness (QED) is 0.534. The highest BCUT2D eigenvalue weighted by atomic mass is 32.2. The number of nitrogens with one attached hydrogen (secondary N) is 1. The molecule has 0 saturated carbocycles. The summed E-state index contributed by atoms with van der Waals surface area (Å²) in [5, 5.41) is 0. The molecule has 0 aliphatic carbocycles. The van der Waals surface area contributed by atoms with Crippen molar-refractivity contribution in [2.45, 2.75) is 19.4 Å². The van der Waals surface area contributed by atoms with Gasteiger partial charge in [0.05, 0.1) is 30.3 Å². The second kappa shape index (κ2) is 4.04. The lowest BCUT2D eigenvalue weighted by molar-refractivity contribution is -0.883. The average Bonchev–Trinajstić information content (AvgIpc) is 1.80. The molecule has 1 atom stereocenters. The van der Waals surface area contributed by atoms with Gasteiger partial charge in [0.15, 0.2) is 0 Å². The van der Waals surface area contributed by atoms with Crippen LogP contribution in [0.1, 0.15) is 13.3 Å². The van der Waals surface area contributed by atoms with Crippen molar-refractivity contribution in [1.82, 2.24) is 0 Å². The van der Waals surface area contributed by atoms with Crippen molar-refractivity contribution < 1.29 is 17.9 Å². The summed E-state index contributed by atoms with van der Waals surface area (Å²) in [6.45, 7) is 1.92. The molecule has 0 amide bonds. The second-order valence-electron chi connectivity index (χ2n) is 3.03. The van der Waals surface area contributed by atoms with Gasteiger partial charge in [0.1, 0.15) is 0 Å². The summed E-state index contributed by atoms with van der Waals surface area (Å²) in [6, 6.07) is 0.221. The Kier molecular flexibility index (Phi) is 3.99. The van der Waals surface area contributed by atoms with Crippen LogP contribution in [0, 0.1) is 0 Å². The molecule has 0 heterocycles. The van der Waals surface area contributed by atoms with Crippen molar-refractivity contribution in [3.05, 3.63) is 0 Å². The average molecular weight is 181 g/mol. The van der Waals surface area contributed by atoms with Crippen molar-refractivity contribution >= 4 is 10.1 Å². The Bertz CT molecular complexity index is 198. The minimum absolute atomic E-state index is 0.221. The lowest BCUT2D eigenvalue weighted by Gasteiger charge is -2.17. The molecule has 68 valence electrons. The zero-order chi connectivity index (χ0) is 9.07. The van der Waals surface area contributed by atoms with Gasteiger partial charge in [0.2, 0.25) is 0 Å². The molecule has 0 aliphatic heterocycles. The van der Waals surface area contributed by atoms with Gasteiger partial charge in [-0.15, -0.1) is 0 Å². The van der Waals surface area contributed by atoms with Crippen LogP contribution < -0.4 is 4.90 Å². The fraction of sp³-hybridized carbons (Fsp3) is 1.00. The molecular weight excluding hydrogens is 166 g/mol. The fourth-order valence-electron chi connectivity index (χ4n) is 0.610. The first-order valence-corrected chi connectivity index (χ1v) is 5.14. The van der Waals surface area contributed by atoms with Gasteiger partial charge in [0, 0.05) is 12.2 Å². The molecule has 4 nitrogen and oxygen atoms in total. The highest BCUT2D eigenvalue weighted by Crippen LogP contribution is 1.90. The smallest absolute Gasteiger partial charge is 0.0948 e. The molecule has 0 fully saturated rings. The zero-order valence-corrected chi connectivity index (χ0v) is 7.94. The predicted molar refractivity (Wildman–Crippen MR) is 41.5 cm³/mol. The highest BCUT2D eigenvalue weighted by molar-refractivity contribution is 7.85. The molecule has 11 heavy (non-hydrogen) atoms. The maximum atomic E-state index is 10.2. The third-order valence-electron chi connectivity index (χ3n) is 1.79. The van der Waals surface area contributed by atoms with E-state index in [1.54, 1.807) is 0 Å². The molecule has 0 aromatic rings. The third-order valence-corrected chi connectivity index (χ3v) is 2.52. The monoisotopic (exact) mass is 181 g/mol. The number of quaternary nitrogens is 1. The van der Waals surface area contributed by atoms with Crippen molar-refractivity contribution in [3.8, 4) is 0 Å². The summed E-state index contributed by atoms with van der Waals surface area (Å²) in [5.74, 6) is -0.251. The van der Waals surface area contributed by atoms with Gasteiger partial charge in [-0.1, -0.05) is 0 Å². The van der Waals surface area contributed by atoms with E-state index in [-0.39, 0.29) is 11.8 Å². The van der Waals surface area contributed by atoms with Crippen molar-refractivity contribution in [2.75, 3.05) is 19.8 Å².